The topological polar surface area (TPSA) is 87.7 Å². The van der Waals surface area contributed by atoms with Crippen LogP contribution in [0.5, 0.6) is 0 Å². The first kappa shape index (κ1) is 30.4. The minimum absolute atomic E-state index is 0.133. The zero-order chi connectivity index (χ0) is 29.5. The molecule has 0 spiro atoms. The SMILES string of the molecule is COC(=O)c1cccc(N(Cc2cc(Cl)ccc2F)C2CCN(C(C)CCNC(=O)c3c(C)ncnc3C)CC2)c1. The van der Waals surface area contributed by atoms with Gasteiger partial charge in [-0.25, -0.2) is 19.2 Å². The summed E-state index contributed by atoms with van der Waals surface area (Å²) in [6.07, 6.45) is 4.00. The van der Waals surface area contributed by atoms with Crippen LogP contribution in [0.1, 0.15) is 63.9 Å². The molecule has 1 aliphatic rings. The molecule has 41 heavy (non-hydrogen) atoms. The lowest BCUT2D eigenvalue weighted by Gasteiger charge is -2.42. The summed E-state index contributed by atoms with van der Waals surface area (Å²) < 4.78 is 19.7. The average molecular weight is 582 g/mol. The highest BCUT2D eigenvalue weighted by Gasteiger charge is 2.28. The maximum Gasteiger partial charge on any atom is 0.337 e. The van der Waals surface area contributed by atoms with Crippen molar-refractivity contribution in [1.82, 2.24) is 20.2 Å². The van der Waals surface area contributed by atoms with E-state index in [0.717, 1.165) is 38.0 Å². The van der Waals surface area contributed by atoms with E-state index in [4.69, 9.17) is 16.3 Å². The van der Waals surface area contributed by atoms with Gasteiger partial charge in [-0.15, -0.1) is 0 Å². The highest BCUT2D eigenvalue weighted by atomic mass is 35.5. The Morgan fingerprint density at radius 2 is 1.85 bits per heavy atom. The van der Waals surface area contributed by atoms with Crippen LogP contribution in [-0.2, 0) is 11.3 Å². The number of aromatic nitrogens is 2. The number of carbonyl (C=O) groups is 2. The lowest BCUT2D eigenvalue weighted by molar-refractivity contribution is 0.0600. The number of nitrogens with one attached hydrogen (secondary N) is 1. The second kappa shape index (κ2) is 13.9. The number of likely N-dealkylation sites (tertiary alicyclic amines) is 1. The van der Waals surface area contributed by atoms with Crippen LogP contribution >= 0.6 is 11.6 Å². The first-order valence-corrected chi connectivity index (χ1v) is 14.2. The van der Waals surface area contributed by atoms with Crippen molar-refractivity contribution in [2.24, 2.45) is 0 Å². The number of halogens is 2. The Morgan fingerprint density at radius 3 is 2.54 bits per heavy atom. The normalized spacial score (nSPS) is 14.9. The molecular weight excluding hydrogens is 545 g/mol. The molecule has 1 aliphatic heterocycles. The van der Waals surface area contributed by atoms with E-state index in [1.165, 1.54) is 19.5 Å². The summed E-state index contributed by atoms with van der Waals surface area (Å²) >= 11 is 6.20. The van der Waals surface area contributed by atoms with Crippen molar-refractivity contribution in [3.63, 3.8) is 0 Å². The molecule has 1 saturated heterocycles. The van der Waals surface area contributed by atoms with Crippen molar-refractivity contribution < 1.29 is 18.7 Å². The molecule has 4 rings (SSSR count). The van der Waals surface area contributed by atoms with Crippen LogP contribution in [0.2, 0.25) is 5.02 Å². The molecule has 10 heteroatoms. The second-order valence-electron chi connectivity index (χ2n) is 10.5. The smallest absolute Gasteiger partial charge is 0.337 e. The monoisotopic (exact) mass is 581 g/mol. The number of hydrogen-bond donors (Lipinski definition) is 1. The predicted octanol–water partition coefficient (Wildman–Crippen LogP) is 5.35. The molecule has 3 aromatic rings. The summed E-state index contributed by atoms with van der Waals surface area (Å²) in [5.41, 5.74) is 3.66. The number of benzene rings is 2. The fraction of sp³-hybridized carbons (Fsp3) is 0.419. The Hall–Kier alpha value is -3.56. The highest BCUT2D eigenvalue weighted by molar-refractivity contribution is 6.30. The average Bonchev–Trinajstić information content (AvgIpc) is 2.97. The van der Waals surface area contributed by atoms with Crippen molar-refractivity contribution in [2.45, 2.75) is 58.7 Å². The number of anilines is 1. The molecule has 1 amide bonds. The third-order valence-corrected chi connectivity index (χ3v) is 8.05. The molecule has 1 atom stereocenters. The number of hydrogen-bond acceptors (Lipinski definition) is 7. The van der Waals surface area contributed by atoms with Crippen LogP contribution in [0, 0.1) is 19.7 Å². The fourth-order valence-corrected chi connectivity index (χ4v) is 5.63. The second-order valence-corrected chi connectivity index (χ2v) is 10.9. The van der Waals surface area contributed by atoms with Crippen LogP contribution in [-0.4, -0.2) is 65.6 Å². The van der Waals surface area contributed by atoms with Gasteiger partial charge in [0.1, 0.15) is 12.1 Å². The molecule has 1 N–H and O–H groups in total. The van der Waals surface area contributed by atoms with E-state index < -0.39 is 5.97 Å². The van der Waals surface area contributed by atoms with Gasteiger partial charge in [-0.3, -0.25) is 4.79 Å². The van der Waals surface area contributed by atoms with Crippen LogP contribution in [0.3, 0.4) is 0 Å². The summed E-state index contributed by atoms with van der Waals surface area (Å²) in [4.78, 5) is 37.8. The van der Waals surface area contributed by atoms with Gasteiger partial charge in [-0.1, -0.05) is 17.7 Å². The molecule has 0 radical (unpaired) electrons. The van der Waals surface area contributed by atoms with Crippen molar-refractivity contribution in [3.05, 3.63) is 87.7 Å². The van der Waals surface area contributed by atoms with Crippen molar-refractivity contribution in [3.8, 4) is 0 Å². The maximum atomic E-state index is 14.8. The molecule has 1 fully saturated rings. The Kier molecular flexibility index (Phi) is 10.3. The van der Waals surface area contributed by atoms with Gasteiger partial charge < -0.3 is 19.9 Å². The van der Waals surface area contributed by atoms with E-state index >= 15 is 0 Å². The fourth-order valence-electron chi connectivity index (χ4n) is 5.43. The standard InChI is InChI=1S/C31H37ClFN5O3/c1-20(10-13-34-30(39)29-21(2)35-19-36-22(29)3)37-14-11-26(12-15-37)38(18-24-16-25(32)8-9-28(24)33)27-7-5-6-23(17-27)31(40)41-4/h5-9,16-17,19-20,26H,10-15,18H2,1-4H3,(H,34,39). The lowest BCUT2D eigenvalue weighted by Crippen LogP contribution is -2.48. The van der Waals surface area contributed by atoms with Gasteiger partial charge in [0.2, 0.25) is 0 Å². The van der Waals surface area contributed by atoms with Crippen LogP contribution in [0.25, 0.3) is 0 Å². The molecule has 0 saturated carbocycles. The first-order valence-electron chi connectivity index (χ1n) is 13.9. The Balaban J connectivity index is 1.40. The summed E-state index contributed by atoms with van der Waals surface area (Å²) in [6, 6.07) is 12.3. The van der Waals surface area contributed by atoms with Gasteiger partial charge in [0.25, 0.3) is 5.91 Å². The summed E-state index contributed by atoms with van der Waals surface area (Å²) in [5, 5.41) is 3.49. The Labute approximate surface area is 245 Å². The summed E-state index contributed by atoms with van der Waals surface area (Å²) in [6.45, 7) is 8.39. The number of nitrogens with zero attached hydrogens (tertiary/aromatic N) is 4. The van der Waals surface area contributed by atoms with E-state index in [1.54, 1.807) is 24.3 Å². The van der Waals surface area contributed by atoms with Crippen molar-refractivity contribution in [1.29, 1.82) is 0 Å². The molecule has 0 aliphatic carbocycles. The highest BCUT2D eigenvalue weighted by Crippen LogP contribution is 2.29. The largest absolute Gasteiger partial charge is 0.465 e. The summed E-state index contributed by atoms with van der Waals surface area (Å²) in [5.74, 6) is -0.879. The third kappa shape index (κ3) is 7.59. The lowest BCUT2D eigenvalue weighted by atomic mass is 9.98. The summed E-state index contributed by atoms with van der Waals surface area (Å²) in [7, 11) is 1.36. The predicted molar refractivity (Wildman–Crippen MR) is 158 cm³/mol. The number of amides is 1. The maximum absolute atomic E-state index is 14.8. The molecule has 0 bridgehead atoms. The van der Waals surface area contributed by atoms with Gasteiger partial charge in [0, 0.05) is 54.5 Å². The quantitative estimate of drug-likeness (QED) is 0.323. The zero-order valence-corrected chi connectivity index (χ0v) is 24.7. The van der Waals surface area contributed by atoms with Crippen LogP contribution in [0.15, 0.2) is 48.8 Å². The van der Waals surface area contributed by atoms with E-state index in [2.05, 4.69) is 32.0 Å². The number of esters is 1. The molecule has 2 aromatic carbocycles. The number of piperidine rings is 1. The van der Waals surface area contributed by atoms with E-state index in [1.807, 2.05) is 26.0 Å². The van der Waals surface area contributed by atoms with E-state index in [9.17, 15) is 14.0 Å². The van der Waals surface area contributed by atoms with Gasteiger partial charge in [-0.2, -0.15) is 0 Å². The first-order chi connectivity index (χ1) is 19.7. The number of rotatable bonds is 10. The molecule has 1 aromatic heterocycles. The molecule has 8 nitrogen and oxygen atoms in total. The van der Waals surface area contributed by atoms with Crippen LogP contribution < -0.4 is 10.2 Å². The van der Waals surface area contributed by atoms with Crippen LogP contribution in [0.4, 0.5) is 10.1 Å². The zero-order valence-electron chi connectivity index (χ0n) is 24.0. The van der Waals surface area contributed by atoms with Gasteiger partial charge in [0.15, 0.2) is 0 Å². The van der Waals surface area contributed by atoms with Crippen molar-refractivity contribution >= 4 is 29.2 Å². The molecule has 218 valence electrons. The Bertz CT molecular complexity index is 1360. The number of ether oxygens (including phenoxy) is 1. The molecule has 2 heterocycles. The Morgan fingerprint density at radius 1 is 1.15 bits per heavy atom. The number of methoxy groups -OCH3 is 1. The minimum Gasteiger partial charge on any atom is -0.465 e. The molecular formula is C31H37ClFN5O3. The third-order valence-electron chi connectivity index (χ3n) is 7.81. The van der Waals surface area contributed by atoms with Crippen molar-refractivity contribution in [2.75, 3.05) is 31.6 Å². The van der Waals surface area contributed by atoms with Gasteiger partial charge >= 0.3 is 5.97 Å². The molecule has 1 unspecified atom stereocenters. The minimum atomic E-state index is -0.415. The van der Waals surface area contributed by atoms with Gasteiger partial charge in [0.05, 0.1) is 29.6 Å². The number of aryl methyl sites for hydroxylation is 2. The van der Waals surface area contributed by atoms with E-state index in [0.29, 0.717) is 46.2 Å². The van der Waals surface area contributed by atoms with E-state index in [-0.39, 0.29) is 23.8 Å². The number of carbonyl (C=O) groups excluding carboxylic acids is 2. The van der Waals surface area contributed by atoms with Gasteiger partial charge in [-0.05, 0) is 76.4 Å².